The van der Waals surface area contributed by atoms with Crippen molar-refractivity contribution in [1.82, 2.24) is 10.6 Å². The van der Waals surface area contributed by atoms with Crippen molar-refractivity contribution in [2.75, 3.05) is 12.3 Å². The summed E-state index contributed by atoms with van der Waals surface area (Å²) in [6, 6.07) is -2.41. The number of primary sulfonamides is 1. The van der Waals surface area contributed by atoms with Crippen LogP contribution in [-0.2, 0) is 19.6 Å². The van der Waals surface area contributed by atoms with Gasteiger partial charge < -0.3 is 21.5 Å². The number of rotatable bonds is 7. The van der Waals surface area contributed by atoms with E-state index in [1.54, 1.807) is 0 Å². The monoisotopic (exact) mass is 282 g/mol. The minimum Gasteiger partial charge on any atom is -0.480 e. The number of nitrogens with two attached hydrogens (primary N) is 2. The molecule has 1 atom stereocenters. The molecule has 0 aromatic carbocycles. The van der Waals surface area contributed by atoms with Crippen LogP contribution in [0.5, 0.6) is 0 Å². The number of carboxylic acids is 1. The lowest BCUT2D eigenvalue weighted by Crippen LogP contribution is -2.48. The van der Waals surface area contributed by atoms with Crippen LogP contribution >= 0.6 is 0 Å². The van der Waals surface area contributed by atoms with Crippen LogP contribution < -0.4 is 21.5 Å². The van der Waals surface area contributed by atoms with Crippen molar-refractivity contribution in [2.24, 2.45) is 10.9 Å². The standard InChI is InChI=1S/C7H14N4O6S/c8-5(12)3-4(6(13)14)11-7(15)10-1-2-18(9,16)17/h4H,1-3H2,(H2,8,12)(H,13,14)(H2,9,16,17)(H2,10,11,15)/t4-/m1/s1. The van der Waals surface area contributed by atoms with E-state index in [4.69, 9.17) is 10.8 Å². The summed E-state index contributed by atoms with van der Waals surface area (Å²) < 4.78 is 21.1. The predicted octanol–water partition coefficient (Wildman–Crippen LogP) is -3.10. The fraction of sp³-hybridized carbons (Fsp3) is 0.571. The molecule has 0 saturated heterocycles. The Morgan fingerprint density at radius 3 is 2.22 bits per heavy atom. The van der Waals surface area contributed by atoms with Gasteiger partial charge in [0.15, 0.2) is 0 Å². The van der Waals surface area contributed by atoms with E-state index in [2.05, 4.69) is 10.5 Å². The van der Waals surface area contributed by atoms with Gasteiger partial charge in [0.05, 0.1) is 12.2 Å². The third-order valence-electron chi connectivity index (χ3n) is 1.68. The molecular weight excluding hydrogens is 268 g/mol. The first-order chi connectivity index (χ1) is 8.11. The van der Waals surface area contributed by atoms with Crippen molar-refractivity contribution < 1.29 is 27.9 Å². The Hall–Kier alpha value is -1.88. The maximum atomic E-state index is 11.2. The Bertz CT molecular complexity index is 433. The van der Waals surface area contributed by atoms with Gasteiger partial charge in [0, 0.05) is 6.54 Å². The maximum absolute atomic E-state index is 11.2. The molecule has 0 aliphatic carbocycles. The van der Waals surface area contributed by atoms with Crippen LogP contribution in [0.4, 0.5) is 4.79 Å². The average Bonchev–Trinajstić information content (AvgIpc) is 2.13. The SMILES string of the molecule is NC(=O)C[C@@H](NC(=O)NCCS(N)(=O)=O)C(=O)O. The number of aliphatic carboxylic acids is 1. The Labute approximate surface area is 103 Å². The number of carboxylic acid groups (broad SMARTS) is 1. The molecule has 10 nitrogen and oxygen atoms in total. The molecule has 104 valence electrons. The highest BCUT2D eigenvalue weighted by molar-refractivity contribution is 7.89. The van der Waals surface area contributed by atoms with E-state index >= 15 is 0 Å². The fourth-order valence-corrected chi connectivity index (χ4v) is 1.30. The number of carbonyl (C=O) groups excluding carboxylic acids is 2. The van der Waals surface area contributed by atoms with Crippen LogP contribution in [-0.4, -0.2) is 49.8 Å². The van der Waals surface area contributed by atoms with Gasteiger partial charge in [-0.05, 0) is 0 Å². The van der Waals surface area contributed by atoms with Gasteiger partial charge in [-0.15, -0.1) is 0 Å². The summed E-state index contributed by atoms with van der Waals surface area (Å²) in [5.74, 6) is -2.82. The summed E-state index contributed by atoms with van der Waals surface area (Å²) in [6.45, 7) is -0.284. The number of sulfonamides is 1. The second kappa shape index (κ2) is 6.76. The first-order valence-corrected chi connectivity index (χ1v) is 6.39. The number of nitrogens with one attached hydrogen (secondary N) is 2. The second-order valence-corrected chi connectivity index (χ2v) is 5.06. The van der Waals surface area contributed by atoms with E-state index < -0.39 is 46.1 Å². The number of hydrogen-bond donors (Lipinski definition) is 5. The third-order valence-corrected chi connectivity index (χ3v) is 2.45. The van der Waals surface area contributed by atoms with E-state index in [0.29, 0.717) is 0 Å². The summed E-state index contributed by atoms with van der Waals surface area (Å²) in [7, 11) is -3.72. The Morgan fingerprint density at radius 1 is 1.28 bits per heavy atom. The predicted molar refractivity (Wildman–Crippen MR) is 59.7 cm³/mol. The largest absolute Gasteiger partial charge is 0.480 e. The molecule has 0 heterocycles. The topological polar surface area (TPSA) is 182 Å². The summed E-state index contributed by atoms with van der Waals surface area (Å²) in [4.78, 5) is 32.3. The van der Waals surface area contributed by atoms with Gasteiger partial charge in [-0.3, -0.25) is 4.79 Å². The molecule has 0 unspecified atom stereocenters. The zero-order valence-corrected chi connectivity index (χ0v) is 10.1. The number of primary amides is 1. The van der Waals surface area contributed by atoms with Crippen LogP contribution in [0, 0.1) is 0 Å². The smallest absolute Gasteiger partial charge is 0.326 e. The minimum atomic E-state index is -3.72. The molecule has 0 aliphatic heterocycles. The number of urea groups is 1. The molecule has 0 bridgehead atoms. The molecule has 0 aromatic rings. The molecule has 0 aromatic heterocycles. The molecule has 11 heteroatoms. The van der Waals surface area contributed by atoms with Crippen molar-refractivity contribution in [3.05, 3.63) is 0 Å². The van der Waals surface area contributed by atoms with E-state index in [0.717, 1.165) is 0 Å². The maximum Gasteiger partial charge on any atom is 0.326 e. The molecule has 0 radical (unpaired) electrons. The van der Waals surface area contributed by atoms with Crippen LogP contribution in [0.1, 0.15) is 6.42 Å². The normalized spacial score (nSPS) is 12.5. The van der Waals surface area contributed by atoms with Gasteiger partial charge >= 0.3 is 12.0 Å². The Morgan fingerprint density at radius 2 is 1.83 bits per heavy atom. The number of carbonyl (C=O) groups is 3. The van der Waals surface area contributed by atoms with E-state index in [-0.39, 0.29) is 6.54 Å². The molecule has 0 fully saturated rings. The van der Waals surface area contributed by atoms with E-state index in [1.165, 1.54) is 0 Å². The van der Waals surface area contributed by atoms with Gasteiger partial charge in [-0.1, -0.05) is 0 Å². The van der Waals surface area contributed by atoms with Crippen molar-refractivity contribution in [2.45, 2.75) is 12.5 Å². The third kappa shape index (κ3) is 8.29. The first-order valence-electron chi connectivity index (χ1n) is 4.68. The molecule has 3 amide bonds. The number of amides is 3. The average molecular weight is 282 g/mol. The van der Waals surface area contributed by atoms with E-state index in [1.807, 2.05) is 5.32 Å². The lowest BCUT2D eigenvalue weighted by atomic mass is 10.2. The molecule has 0 spiro atoms. The highest BCUT2D eigenvalue weighted by atomic mass is 32.2. The van der Waals surface area contributed by atoms with Gasteiger partial charge in [0.2, 0.25) is 15.9 Å². The quantitative estimate of drug-likeness (QED) is 0.329. The van der Waals surface area contributed by atoms with Crippen LogP contribution in [0.3, 0.4) is 0 Å². The van der Waals surface area contributed by atoms with Crippen LogP contribution in [0.2, 0.25) is 0 Å². The van der Waals surface area contributed by atoms with Crippen LogP contribution in [0.25, 0.3) is 0 Å². The van der Waals surface area contributed by atoms with Crippen molar-refractivity contribution in [3.8, 4) is 0 Å². The van der Waals surface area contributed by atoms with Gasteiger partial charge in [-0.25, -0.2) is 23.1 Å². The summed E-state index contributed by atoms with van der Waals surface area (Å²) in [6.07, 6.45) is -0.571. The van der Waals surface area contributed by atoms with Gasteiger partial charge in [0.25, 0.3) is 0 Å². The molecule has 7 N–H and O–H groups in total. The summed E-state index contributed by atoms with van der Waals surface area (Å²) >= 11 is 0. The van der Waals surface area contributed by atoms with E-state index in [9.17, 15) is 22.8 Å². The van der Waals surface area contributed by atoms with Crippen LogP contribution in [0.15, 0.2) is 0 Å². The molecule has 0 saturated carbocycles. The molecule has 0 aliphatic rings. The van der Waals surface area contributed by atoms with Crippen molar-refractivity contribution in [1.29, 1.82) is 0 Å². The zero-order chi connectivity index (χ0) is 14.3. The fourth-order valence-electron chi connectivity index (χ4n) is 0.917. The van der Waals surface area contributed by atoms with Gasteiger partial charge in [-0.2, -0.15) is 0 Å². The van der Waals surface area contributed by atoms with Gasteiger partial charge in [0.1, 0.15) is 6.04 Å². The lowest BCUT2D eigenvalue weighted by Gasteiger charge is -2.13. The summed E-state index contributed by atoms with van der Waals surface area (Å²) in [5, 5.41) is 17.4. The molecule has 0 rings (SSSR count). The minimum absolute atomic E-state index is 0.284. The van der Waals surface area contributed by atoms with Crippen molar-refractivity contribution in [3.63, 3.8) is 0 Å². The summed E-state index contributed by atoms with van der Waals surface area (Å²) in [5.41, 5.74) is 4.79. The Balaban J connectivity index is 4.19. The lowest BCUT2D eigenvalue weighted by molar-refractivity contribution is -0.140. The first kappa shape index (κ1) is 16.1. The Kier molecular flexibility index (Phi) is 6.05. The molecule has 18 heavy (non-hydrogen) atoms. The second-order valence-electron chi connectivity index (χ2n) is 3.33. The molecular formula is C7H14N4O6S. The zero-order valence-electron chi connectivity index (χ0n) is 9.25. The van der Waals surface area contributed by atoms with Crippen molar-refractivity contribution >= 4 is 27.9 Å². The highest BCUT2D eigenvalue weighted by Crippen LogP contribution is 1.91. The highest BCUT2D eigenvalue weighted by Gasteiger charge is 2.21. The number of hydrogen-bond acceptors (Lipinski definition) is 5.